The van der Waals surface area contributed by atoms with Gasteiger partial charge >= 0.3 is 0 Å². The van der Waals surface area contributed by atoms with Gasteiger partial charge < -0.3 is 5.73 Å². The Morgan fingerprint density at radius 3 is 1.75 bits per heavy atom. The summed E-state index contributed by atoms with van der Waals surface area (Å²) in [6.45, 7) is 3.42. The third-order valence-corrected chi connectivity index (χ3v) is 0. The smallest absolute Gasteiger partial charge is 0.214 e. The van der Waals surface area contributed by atoms with Crippen molar-refractivity contribution in [2.24, 2.45) is 5.73 Å². The van der Waals surface area contributed by atoms with E-state index in [9.17, 15) is 4.79 Å². The number of carbonyl (C=O) groups excluding carboxylic acids is 1. The maximum Gasteiger partial charge on any atom is 0.214 e. The van der Waals surface area contributed by atoms with Gasteiger partial charge in [-0.05, 0) is 4.43 Å². The van der Waals surface area contributed by atoms with Gasteiger partial charge in [-0.1, -0.05) is 29.5 Å². The van der Waals surface area contributed by atoms with E-state index >= 15 is 0 Å². The predicted molar refractivity (Wildman–Crippen MR) is 46.7 cm³/mol. The monoisotopic (exact) mass is 251 g/mol. The van der Waals surface area contributed by atoms with Gasteiger partial charge in [0.1, 0.15) is 0 Å². The minimum absolute atomic E-state index is 0. The molecule has 52 valence electrons. The summed E-state index contributed by atoms with van der Waals surface area (Å²) in [5.74, 6) is -0.333. The molecule has 0 aliphatic carbocycles. The third-order valence-electron chi connectivity index (χ3n) is 0. The lowest BCUT2D eigenvalue weighted by molar-refractivity contribution is -0.115. The molecule has 0 fully saturated rings. The van der Waals surface area contributed by atoms with Crippen LogP contribution in [0.5, 0.6) is 0 Å². The maximum absolute atomic E-state index is 9.22. The second-order valence-corrected chi connectivity index (χ2v) is 2.40. The van der Waals surface area contributed by atoms with Crippen LogP contribution in [0, 0.1) is 0 Å². The topological polar surface area (TPSA) is 43.1 Å². The van der Waals surface area contributed by atoms with Crippen LogP contribution in [0.1, 0.15) is 13.8 Å². The van der Waals surface area contributed by atoms with Gasteiger partial charge in [0.05, 0.1) is 0 Å². The lowest BCUT2D eigenvalue weighted by Gasteiger charge is -1.60. The summed E-state index contributed by atoms with van der Waals surface area (Å²) in [5.41, 5.74) is 4.47. The van der Waals surface area contributed by atoms with Crippen molar-refractivity contribution in [1.29, 1.82) is 0 Å². The Bertz CT molecular complexity index is 47.3. The molecule has 0 rings (SSSR count). The zero-order valence-corrected chi connectivity index (χ0v) is 7.95. The highest BCUT2D eigenvalue weighted by atomic mass is 127. The van der Waals surface area contributed by atoms with Crippen LogP contribution in [-0.4, -0.2) is 10.3 Å². The van der Waals surface area contributed by atoms with Crippen LogP contribution in [0.3, 0.4) is 0 Å². The molecular weight excluding hydrogens is 240 g/mol. The first-order valence-corrected chi connectivity index (χ1v) is 3.49. The zero-order valence-electron chi connectivity index (χ0n) is 4.98. The summed E-state index contributed by atoms with van der Waals surface area (Å²) in [6, 6.07) is 0. The molecule has 1 amide bonds. The van der Waals surface area contributed by atoms with Crippen molar-refractivity contribution < 1.29 is 4.79 Å². The highest BCUT2D eigenvalue weighted by Crippen LogP contribution is 1.69. The number of hydrogen-bond acceptors (Lipinski definition) is 1. The molecule has 2 nitrogen and oxygen atoms in total. The number of halogens is 2. The van der Waals surface area contributed by atoms with Gasteiger partial charge in [0, 0.05) is 6.92 Å². The highest BCUT2D eigenvalue weighted by molar-refractivity contribution is 14.1. The lowest BCUT2D eigenvalue weighted by Crippen LogP contribution is -2.01. The first-order chi connectivity index (χ1) is 3.15. The fourth-order valence-corrected chi connectivity index (χ4v) is 0. The van der Waals surface area contributed by atoms with E-state index in [4.69, 9.17) is 0 Å². The molecule has 2 N–H and O–H groups in total. The van der Waals surface area contributed by atoms with Crippen molar-refractivity contribution in [2.75, 3.05) is 4.43 Å². The fraction of sp³-hybridized carbons (Fsp3) is 0.750. The first-order valence-electron chi connectivity index (χ1n) is 1.97. The molecule has 0 saturated heterocycles. The second kappa shape index (κ2) is 15.6. The average Bonchev–Trinajstić information content (AvgIpc) is 1.33. The van der Waals surface area contributed by atoms with E-state index in [-0.39, 0.29) is 18.3 Å². The van der Waals surface area contributed by atoms with Crippen LogP contribution in [0.4, 0.5) is 0 Å². The van der Waals surface area contributed by atoms with Gasteiger partial charge in [0.2, 0.25) is 5.91 Å². The largest absolute Gasteiger partial charge is 0.370 e. The van der Waals surface area contributed by atoms with Crippen molar-refractivity contribution in [3.63, 3.8) is 0 Å². The van der Waals surface area contributed by atoms with Gasteiger partial charge in [0.15, 0.2) is 0 Å². The molecule has 4 heteroatoms. The number of hydrogen-bond donors (Lipinski definition) is 1. The minimum atomic E-state index is -0.333. The number of alkyl halides is 1. The van der Waals surface area contributed by atoms with Gasteiger partial charge in [-0.15, -0.1) is 12.4 Å². The van der Waals surface area contributed by atoms with Crippen LogP contribution in [-0.2, 0) is 4.79 Å². The number of amides is 1. The molecule has 0 aromatic carbocycles. The summed E-state index contributed by atoms with van der Waals surface area (Å²) in [5, 5.41) is 0. The van der Waals surface area contributed by atoms with Crippen LogP contribution in [0.15, 0.2) is 0 Å². The minimum Gasteiger partial charge on any atom is -0.370 e. The maximum atomic E-state index is 9.22. The second-order valence-electron chi connectivity index (χ2n) is 0.878. The van der Waals surface area contributed by atoms with Gasteiger partial charge in [-0.3, -0.25) is 4.79 Å². The Kier molecular flexibility index (Phi) is 30.9. The van der Waals surface area contributed by atoms with Crippen LogP contribution < -0.4 is 5.73 Å². The molecule has 0 aliphatic heterocycles. The Labute approximate surface area is 69.8 Å². The fourth-order valence-electron chi connectivity index (χ4n) is 0. The standard InChI is InChI=1S/C2H5I.C2H5NO.ClH/c1-2-3;1-2(3)4;/h2H2,1H3;1H3,(H2,3,4);1H. The van der Waals surface area contributed by atoms with Crippen molar-refractivity contribution in [1.82, 2.24) is 0 Å². The van der Waals surface area contributed by atoms with E-state index in [2.05, 4.69) is 35.2 Å². The average molecular weight is 251 g/mol. The van der Waals surface area contributed by atoms with Crippen molar-refractivity contribution in [2.45, 2.75) is 13.8 Å². The normalized spacial score (nSPS) is 5.38. The molecule has 0 aromatic heterocycles. The Hall–Kier alpha value is 0.490. The predicted octanol–water partition coefficient (Wildman–Crippen LogP) is 1.35. The van der Waals surface area contributed by atoms with Gasteiger partial charge in [-0.2, -0.15) is 0 Å². The molecule has 0 heterocycles. The third kappa shape index (κ3) is 815. The van der Waals surface area contributed by atoms with Crippen molar-refractivity contribution in [3.8, 4) is 0 Å². The lowest BCUT2D eigenvalue weighted by atomic mass is 10.8. The molecule has 8 heavy (non-hydrogen) atoms. The molecule has 0 saturated carbocycles. The molecule has 0 bridgehead atoms. The van der Waals surface area contributed by atoms with Crippen LogP contribution in [0.2, 0.25) is 0 Å². The molecule has 0 radical (unpaired) electrons. The molecule has 0 aliphatic rings. The van der Waals surface area contributed by atoms with E-state index in [0.717, 1.165) is 0 Å². The Balaban J connectivity index is -0.0000000575. The summed E-state index contributed by atoms with van der Waals surface area (Å²) in [4.78, 5) is 9.22. The first kappa shape index (κ1) is 15.8. The molecule has 0 unspecified atom stereocenters. The number of carbonyl (C=O) groups is 1. The molecule has 0 aromatic rings. The molecule has 0 spiro atoms. The quantitative estimate of drug-likeness (QED) is 0.513. The Morgan fingerprint density at radius 1 is 1.75 bits per heavy atom. The van der Waals surface area contributed by atoms with Crippen molar-refractivity contribution in [3.05, 3.63) is 0 Å². The highest BCUT2D eigenvalue weighted by Gasteiger charge is 1.61. The summed E-state index contributed by atoms with van der Waals surface area (Å²) >= 11 is 2.29. The Morgan fingerprint density at radius 2 is 1.75 bits per heavy atom. The molecule has 0 atom stereocenters. The van der Waals surface area contributed by atoms with E-state index in [0.29, 0.717) is 0 Å². The van der Waals surface area contributed by atoms with Crippen LogP contribution >= 0.6 is 35.0 Å². The summed E-state index contributed by atoms with van der Waals surface area (Å²) in [6.07, 6.45) is 0. The van der Waals surface area contributed by atoms with E-state index in [1.54, 1.807) is 0 Å². The molecular formula is C4H11ClINO. The van der Waals surface area contributed by atoms with Gasteiger partial charge in [-0.25, -0.2) is 0 Å². The number of primary amides is 1. The summed E-state index contributed by atoms with van der Waals surface area (Å²) < 4.78 is 1.22. The SMILES string of the molecule is CC(N)=O.CCI.Cl. The van der Waals surface area contributed by atoms with E-state index in [1.165, 1.54) is 11.4 Å². The van der Waals surface area contributed by atoms with E-state index in [1.807, 2.05) is 0 Å². The van der Waals surface area contributed by atoms with E-state index < -0.39 is 0 Å². The number of nitrogens with two attached hydrogens (primary N) is 1. The number of rotatable bonds is 0. The summed E-state index contributed by atoms with van der Waals surface area (Å²) in [7, 11) is 0. The van der Waals surface area contributed by atoms with Crippen molar-refractivity contribution >= 4 is 40.9 Å². The zero-order chi connectivity index (χ0) is 6.28. The van der Waals surface area contributed by atoms with Crippen LogP contribution in [0.25, 0.3) is 0 Å². The van der Waals surface area contributed by atoms with Gasteiger partial charge in [0.25, 0.3) is 0 Å².